The maximum Gasteiger partial charge on any atom is 0.337 e. The summed E-state index contributed by atoms with van der Waals surface area (Å²) >= 11 is 0. The van der Waals surface area contributed by atoms with Crippen LogP contribution in [0.4, 0.5) is 5.69 Å². The molecule has 1 unspecified atom stereocenters. The molecular weight excluding hydrogens is 274 g/mol. The van der Waals surface area contributed by atoms with Crippen LogP contribution in [-0.4, -0.2) is 28.1 Å². The zero-order valence-corrected chi connectivity index (χ0v) is 12.0. The van der Waals surface area contributed by atoms with E-state index in [0.717, 1.165) is 0 Å². The summed E-state index contributed by atoms with van der Waals surface area (Å²) in [6.07, 6.45) is 0.247. The number of amides is 1. The first-order valence-corrected chi connectivity index (χ1v) is 6.68. The quantitative estimate of drug-likeness (QED) is 0.716. The number of carbonyl (C=O) groups is 3. The largest absolute Gasteiger partial charge is 0.481 e. The Balaban J connectivity index is 2.66. The number of carboxylic acid groups (broad SMARTS) is 2. The molecule has 0 radical (unpaired) electrons. The number of para-hydroxylation sites is 1. The van der Waals surface area contributed by atoms with E-state index in [0.29, 0.717) is 0 Å². The lowest BCUT2D eigenvalue weighted by atomic mass is 9.91. The van der Waals surface area contributed by atoms with Crippen LogP contribution in [0, 0.1) is 11.8 Å². The number of aromatic carboxylic acids is 1. The molecule has 0 aliphatic carbocycles. The van der Waals surface area contributed by atoms with Crippen molar-refractivity contribution in [3.8, 4) is 0 Å². The van der Waals surface area contributed by atoms with Crippen molar-refractivity contribution in [3.63, 3.8) is 0 Å². The second kappa shape index (κ2) is 7.42. The second-order valence-electron chi connectivity index (χ2n) is 5.13. The molecule has 1 amide bonds. The first-order chi connectivity index (χ1) is 9.82. The summed E-state index contributed by atoms with van der Waals surface area (Å²) in [5, 5.41) is 20.6. The average Bonchev–Trinajstić information content (AvgIpc) is 2.38. The average molecular weight is 293 g/mol. The predicted octanol–water partition coefficient (Wildman–Crippen LogP) is 2.46. The fourth-order valence-corrected chi connectivity index (χ4v) is 2.02. The van der Waals surface area contributed by atoms with E-state index in [1.165, 1.54) is 12.1 Å². The molecule has 3 N–H and O–H groups in total. The zero-order chi connectivity index (χ0) is 16.0. The Kier molecular flexibility index (Phi) is 5.90. The van der Waals surface area contributed by atoms with E-state index in [1.807, 2.05) is 0 Å². The van der Waals surface area contributed by atoms with Gasteiger partial charge in [-0.05, 0) is 24.5 Å². The molecule has 0 aliphatic heterocycles. The lowest BCUT2D eigenvalue weighted by Crippen LogP contribution is -2.22. The van der Waals surface area contributed by atoms with Crippen molar-refractivity contribution in [1.29, 1.82) is 0 Å². The summed E-state index contributed by atoms with van der Waals surface area (Å²) in [6.45, 7) is 3.58. The van der Waals surface area contributed by atoms with Gasteiger partial charge in [-0.2, -0.15) is 0 Å². The molecule has 0 fully saturated rings. The SMILES string of the molecule is CC(C)C(CCC(=O)Nc1ccccc1C(=O)O)C(=O)O. The van der Waals surface area contributed by atoms with Crippen LogP contribution in [0.2, 0.25) is 0 Å². The van der Waals surface area contributed by atoms with Crippen molar-refractivity contribution in [1.82, 2.24) is 0 Å². The number of carbonyl (C=O) groups excluding carboxylic acids is 1. The number of nitrogens with one attached hydrogen (secondary N) is 1. The van der Waals surface area contributed by atoms with E-state index in [9.17, 15) is 14.4 Å². The van der Waals surface area contributed by atoms with Gasteiger partial charge in [0.25, 0.3) is 0 Å². The number of benzene rings is 1. The molecule has 0 bridgehead atoms. The maximum atomic E-state index is 11.8. The molecule has 1 atom stereocenters. The molecule has 114 valence electrons. The van der Waals surface area contributed by atoms with Gasteiger partial charge in [0, 0.05) is 6.42 Å². The van der Waals surface area contributed by atoms with Crippen LogP contribution in [-0.2, 0) is 9.59 Å². The van der Waals surface area contributed by atoms with Crippen molar-refractivity contribution < 1.29 is 24.6 Å². The number of hydrogen-bond donors (Lipinski definition) is 3. The summed E-state index contributed by atoms with van der Waals surface area (Å²) in [5.74, 6) is -3.11. The molecule has 0 saturated carbocycles. The highest BCUT2D eigenvalue weighted by Crippen LogP contribution is 2.19. The highest BCUT2D eigenvalue weighted by atomic mass is 16.4. The molecule has 6 heteroatoms. The summed E-state index contributed by atoms with van der Waals surface area (Å²) in [7, 11) is 0. The monoisotopic (exact) mass is 293 g/mol. The Labute approximate surface area is 122 Å². The predicted molar refractivity (Wildman–Crippen MR) is 77.2 cm³/mol. The van der Waals surface area contributed by atoms with Crippen molar-refractivity contribution in [2.45, 2.75) is 26.7 Å². The topological polar surface area (TPSA) is 104 Å². The molecular formula is C15H19NO5. The van der Waals surface area contributed by atoms with Crippen molar-refractivity contribution in [3.05, 3.63) is 29.8 Å². The lowest BCUT2D eigenvalue weighted by molar-refractivity contribution is -0.143. The van der Waals surface area contributed by atoms with Crippen LogP contribution in [0.25, 0.3) is 0 Å². The minimum absolute atomic E-state index is 0.00416. The van der Waals surface area contributed by atoms with Crippen LogP contribution in [0.3, 0.4) is 0 Å². The van der Waals surface area contributed by atoms with Crippen molar-refractivity contribution >= 4 is 23.5 Å². The molecule has 1 aromatic carbocycles. The van der Waals surface area contributed by atoms with Crippen LogP contribution in [0.1, 0.15) is 37.0 Å². The molecule has 0 aliphatic rings. The minimum atomic E-state index is -1.13. The zero-order valence-electron chi connectivity index (χ0n) is 12.0. The lowest BCUT2D eigenvalue weighted by Gasteiger charge is -2.15. The Morgan fingerprint density at radius 3 is 2.29 bits per heavy atom. The van der Waals surface area contributed by atoms with Gasteiger partial charge in [0.05, 0.1) is 17.2 Å². The smallest absolute Gasteiger partial charge is 0.337 e. The van der Waals surface area contributed by atoms with Gasteiger partial charge in [0.1, 0.15) is 0 Å². The van der Waals surface area contributed by atoms with Gasteiger partial charge in [0.2, 0.25) is 5.91 Å². The summed E-state index contributed by atoms with van der Waals surface area (Å²) < 4.78 is 0. The van der Waals surface area contributed by atoms with Gasteiger partial charge in [0.15, 0.2) is 0 Å². The Bertz CT molecular complexity index is 539. The number of anilines is 1. The summed E-state index contributed by atoms with van der Waals surface area (Å²) in [5.41, 5.74) is 0.218. The Morgan fingerprint density at radius 1 is 1.14 bits per heavy atom. The summed E-state index contributed by atoms with van der Waals surface area (Å²) in [4.78, 5) is 33.9. The third-order valence-electron chi connectivity index (χ3n) is 3.24. The number of carboxylic acids is 2. The molecule has 0 spiro atoms. The second-order valence-corrected chi connectivity index (χ2v) is 5.13. The van der Waals surface area contributed by atoms with Crippen LogP contribution < -0.4 is 5.32 Å². The van der Waals surface area contributed by atoms with Gasteiger partial charge in [-0.15, -0.1) is 0 Å². The number of rotatable bonds is 7. The molecule has 0 saturated heterocycles. The van der Waals surface area contributed by atoms with E-state index in [2.05, 4.69) is 5.32 Å². The first kappa shape index (κ1) is 16.7. The van der Waals surface area contributed by atoms with Gasteiger partial charge < -0.3 is 15.5 Å². The third kappa shape index (κ3) is 4.91. The van der Waals surface area contributed by atoms with E-state index >= 15 is 0 Å². The molecule has 0 heterocycles. The van der Waals surface area contributed by atoms with Crippen LogP contribution in [0.15, 0.2) is 24.3 Å². The first-order valence-electron chi connectivity index (χ1n) is 6.68. The number of hydrogen-bond acceptors (Lipinski definition) is 3. The van der Waals surface area contributed by atoms with Crippen LogP contribution >= 0.6 is 0 Å². The molecule has 21 heavy (non-hydrogen) atoms. The summed E-state index contributed by atoms with van der Waals surface area (Å²) in [6, 6.07) is 6.08. The van der Waals surface area contributed by atoms with Gasteiger partial charge in [-0.3, -0.25) is 9.59 Å². The fourth-order valence-electron chi connectivity index (χ4n) is 2.02. The highest BCUT2D eigenvalue weighted by Gasteiger charge is 2.22. The Morgan fingerprint density at radius 2 is 1.76 bits per heavy atom. The van der Waals surface area contributed by atoms with Gasteiger partial charge in [-0.25, -0.2) is 4.79 Å². The molecule has 1 aromatic rings. The maximum absolute atomic E-state index is 11.8. The molecule has 1 rings (SSSR count). The fraction of sp³-hybridized carbons (Fsp3) is 0.400. The molecule has 6 nitrogen and oxygen atoms in total. The third-order valence-corrected chi connectivity index (χ3v) is 3.24. The minimum Gasteiger partial charge on any atom is -0.481 e. The van der Waals surface area contributed by atoms with E-state index < -0.39 is 23.8 Å². The van der Waals surface area contributed by atoms with Gasteiger partial charge >= 0.3 is 11.9 Å². The van der Waals surface area contributed by atoms with E-state index in [-0.39, 0.29) is 30.0 Å². The normalized spacial score (nSPS) is 12.0. The Hall–Kier alpha value is -2.37. The standard InChI is InChI=1S/C15H19NO5/c1-9(2)10(14(18)19)7-8-13(17)16-12-6-4-3-5-11(12)15(20)21/h3-6,9-10H,7-8H2,1-2H3,(H,16,17)(H,18,19)(H,20,21). The number of aliphatic carboxylic acids is 1. The molecule has 0 aromatic heterocycles. The highest BCUT2D eigenvalue weighted by molar-refractivity contribution is 6.00. The van der Waals surface area contributed by atoms with E-state index in [4.69, 9.17) is 10.2 Å². The van der Waals surface area contributed by atoms with Gasteiger partial charge in [-0.1, -0.05) is 26.0 Å². The van der Waals surface area contributed by atoms with Crippen molar-refractivity contribution in [2.75, 3.05) is 5.32 Å². The van der Waals surface area contributed by atoms with Crippen LogP contribution in [0.5, 0.6) is 0 Å². The van der Waals surface area contributed by atoms with E-state index in [1.54, 1.807) is 26.0 Å². The van der Waals surface area contributed by atoms with Crippen molar-refractivity contribution in [2.24, 2.45) is 11.8 Å².